The minimum absolute atomic E-state index is 0.00957. The minimum Gasteiger partial charge on any atom is -0.466 e. The van der Waals surface area contributed by atoms with E-state index in [1.165, 1.54) is 238 Å². The van der Waals surface area contributed by atoms with E-state index in [1.54, 1.807) is 6.08 Å². The van der Waals surface area contributed by atoms with Crippen molar-refractivity contribution in [2.45, 2.75) is 321 Å². The Morgan fingerprint density at radius 3 is 1.15 bits per heavy atom. The second kappa shape index (κ2) is 55.7. The van der Waals surface area contributed by atoms with Crippen LogP contribution in [0.15, 0.2) is 36.5 Å². The van der Waals surface area contributed by atoms with Crippen molar-refractivity contribution in [3.63, 3.8) is 0 Å². The van der Waals surface area contributed by atoms with E-state index in [-0.39, 0.29) is 18.5 Å². The van der Waals surface area contributed by atoms with Crippen LogP contribution in [0.4, 0.5) is 0 Å². The summed E-state index contributed by atoms with van der Waals surface area (Å²) in [6.45, 7) is 4.89. The molecule has 388 valence electrons. The second-order valence-corrected chi connectivity index (χ2v) is 20.0. The van der Waals surface area contributed by atoms with E-state index in [0.29, 0.717) is 19.4 Å². The fourth-order valence-corrected chi connectivity index (χ4v) is 8.90. The quantitative estimate of drug-likeness (QED) is 0.0321. The molecular weight excluding hydrogens is 815 g/mol. The predicted molar refractivity (Wildman–Crippen MR) is 287 cm³/mol. The maximum atomic E-state index is 12.4. The summed E-state index contributed by atoms with van der Waals surface area (Å²) in [6.07, 6.45) is 69.0. The fourth-order valence-electron chi connectivity index (χ4n) is 8.90. The van der Waals surface area contributed by atoms with Crippen LogP contribution in [0.5, 0.6) is 0 Å². The molecule has 2 unspecified atom stereocenters. The Balaban J connectivity index is 3.43. The Kier molecular flexibility index (Phi) is 54.1. The van der Waals surface area contributed by atoms with E-state index < -0.39 is 12.1 Å². The lowest BCUT2D eigenvalue weighted by Crippen LogP contribution is -2.45. The van der Waals surface area contributed by atoms with Crippen LogP contribution in [0.2, 0.25) is 0 Å². The lowest BCUT2D eigenvalue weighted by atomic mass is 10.0. The second-order valence-electron chi connectivity index (χ2n) is 20.0. The number of hydrogen-bond donors (Lipinski definition) is 3. The van der Waals surface area contributed by atoms with Gasteiger partial charge >= 0.3 is 5.97 Å². The van der Waals surface area contributed by atoms with Crippen LogP contribution in [0, 0.1) is 0 Å². The van der Waals surface area contributed by atoms with Crippen LogP contribution in [0.3, 0.4) is 0 Å². The van der Waals surface area contributed by atoms with Gasteiger partial charge in [0.15, 0.2) is 0 Å². The molecule has 0 heterocycles. The van der Waals surface area contributed by atoms with Gasteiger partial charge in [-0.25, -0.2) is 0 Å². The molecule has 0 aromatic rings. The number of carbonyl (C=O) groups is 2. The number of nitrogens with one attached hydrogen (secondary N) is 1. The highest BCUT2D eigenvalue weighted by Gasteiger charge is 2.18. The molecule has 0 aliphatic heterocycles. The van der Waals surface area contributed by atoms with Crippen molar-refractivity contribution in [3.8, 4) is 0 Å². The molecule has 0 saturated carbocycles. The lowest BCUT2D eigenvalue weighted by Gasteiger charge is -2.20. The molecule has 0 rings (SSSR count). The summed E-state index contributed by atoms with van der Waals surface area (Å²) in [5, 5.41) is 23.0. The van der Waals surface area contributed by atoms with Gasteiger partial charge in [0.2, 0.25) is 5.91 Å². The Morgan fingerprint density at radius 1 is 0.424 bits per heavy atom. The van der Waals surface area contributed by atoms with Crippen molar-refractivity contribution in [3.05, 3.63) is 36.5 Å². The minimum atomic E-state index is -0.845. The van der Waals surface area contributed by atoms with Gasteiger partial charge in [-0.05, 0) is 64.2 Å². The number of ether oxygens (including phenoxy) is 1. The highest BCUT2D eigenvalue weighted by atomic mass is 16.5. The third-order valence-electron chi connectivity index (χ3n) is 13.4. The van der Waals surface area contributed by atoms with Crippen molar-refractivity contribution in [1.82, 2.24) is 5.32 Å². The number of aliphatic hydroxyl groups excluding tert-OH is 2. The van der Waals surface area contributed by atoms with Gasteiger partial charge in [-0.2, -0.15) is 0 Å². The summed E-state index contributed by atoms with van der Waals surface area (Å²) in [4.78, 5) is 24.4. The summed E-state index contributed by atoms with van der Waals surface area (Å²) >= 11 is 0. The van der Waals surface area contributed by atoms with Crippen LogP contribution in [-0.2, 0) is 14.3 Å². The molecule has 0 aromatic carbocycles. The van der Waals surface area contributed by atoms with Crippen molar-refractivity contribution in [2.75, 3.05) is 13.2 Å². The van der Waals surface area contributed by atoms with Crippen molar-refractivity contribution in [1.29, 1.82) is 0 Å². The number of esters is 1. The zero-order valence-electron chi connectivity index (χ0n) is 44.2. The van der Waals surface area contributed by atoms with Gasteiger partial charge in [-0.1, -0.05) is 269 Å². The lowest BCUT2D eigenvalue weighted by molar-refractivity contribution is -0.143. The highest BCUT2D eigenvalue weighted by molar-refractivity contribution is 5.76. The molecule has 6 heteroatoms. The first kappa shape index (κ1) is 64.1. The molecule has 1 amide bonds. The van der Waals surface area contributed by atoms with Crippen LogP contribution in [-0.4, -0.2) is 47.4 Å². The van der Waals surface area contributed by atoms with E-state index in [2.05, 4.69) is 43.5 Å². The van der Waals surface area contributed by atoms with Gasteiger partial charge in [0.05, 0.1) is 25.4 Å². The molecule has 0 fully saturated rings. The normalized spacial score (nSPS) is 12.8. The van der Waals surface area contributed by atoms with Gasteiger partial charge in [-0.3, -0.25) is 9.59 Å². The van der Waals surface area contributed by atoms with Gasteiger partial charge in [0, 0.05) is 12.8 Å². The van der Waals surface area contributed by atoms with E-state index >= 15 is 0 Å². The standard InChI is InChI=1S/C60H113NO5/c1-3-5-7-9-11-13-32-36-40-44-48-52-58(63)57(56-62)61-59(64)53-49-45-41-37-34-30-28-26-24-22-20-18-16-15-17-19-21-23-25-27-29-31-35-39-43-47-51-55-66-60(65)54-50-46-42-38-33-14-12-10-8-6-4-2/h15-16,19,21,48,52,57-58,62-63H,3-14,17-18,20,22-47,49-51,53-56H2,1-2H3,(H,61,64)/b16-15-,21-19-,52-48+. The molecule has 0 aliphatic carbocycles. The largest absolute Gasteiger partial charge is 0.466 e. The summed E-state index contributed by atoms with van der Waals surface area (Å²) in [6, 6.07) is -0.629. The van der Waals surface area contributed by atoms with Crippen LogP contribution >= 0.6 is 0 Å². The number of allylic oxidation sites excluding steroid dienone is 5. The van der Waals surface area contributed by atoms with Gasteiger partial charge in [0.25, 0.3) is 0 Å². The van der Waals surface area contributed by atoms with E-state index in [0.717, 1.165) is 44.9 Å². The van der Waals surface area contributed by atoms with Crippen LogP contribution < -0.4 is 5.32 Å². The summed E-state index contributed by atoms with van der Waals surface area (Å²) < 4.78 is 5.46. The van der Waals surface area contributed by atoms with Crippen molar-refractivity contribution < 1.29 is 24.5 Å². The van der Waals surface area contributed by atoms with E-state index in [4.69, 9.17) is 4.74 Å². The van der Waals surface area contributed by atoms with Crippen LogP contribution in [0.25, 0.3) is 0 Å². The number of amides is 1. The van der Waals surface area contributed by atoms with Gasteiger partial charge in [0.1, 0.15) is 0 Å². The zero-order chi connectivity index (χ0) is 47.9. The molecule has 0 bridgehead atoms. The Morgan fingerprint density at radius 2 is 0.758 bits per heavy atom. The monoisotopic (exact) mass is 928 g/mol. The SMILES string of the molecule is CCCCCCCCCCC/C=C/C(O)C(CO)NC(=O)CCCCCCCCCCCCC/C=C\C/C=C\CCCCCCCCCCCOC(=O)CCCCCCCCCCCCC. The Labute approximate surface area is 411 Å². The molecule has 6 nitrogen and oxygen atoms in total. The zero-order valence-corrected chi connectivity index (χ0v) is 44.2. The molecule has 66 heavy (non-hydrogen) atoms. The number of carbonyl (C=O) groups excluding carboxylic acids is 2. The van der Waals surface area contributed by atoms with Crippen molar-refractivity contribution in [2.24, 2.45) is 0 Å². The first-order valence-electron chi connectivity index (χ1n) is 29.3. The Bertz CT molecular complexity index is 1070. The molecule has 0 aliphatic rings. The highest BCUT2D eigenvalue weighted by Crippen LogP contribution is 2.16. The molecule has 2 atom stereocenters. The molecule has 0 radical (unpaired) electrons. The molecule has 0 spiro atoms. The molecule has 0 aromatic heterocycles. The number of rotatable bonds is 54. The average molecular weight is 929 g/mol. The maximum absolute atomic E-state index is 12.4. The third kappa shape index (κ3) is 51.5. The van der Waals surface area contributed by atoms with E-state index in [1.807, 2.05) is 6.08 Å². The molecule has 3 N–H and O–H groups in total. The number of hydrogen-bond acceptors (Lipinski definition) is 5. The molecular formula is C60H113NO5. The topological polar surface area (TPSA) is 95.9 Å². The predicted octanol–water partition coefficient (Wildman–Crippen LogP) is 18.0. The Hall–Kier alpha value is -1.92. The first-order valence-corrected chi connectivity index (χ1v) is 29.3. The number of unbranched alkanes of at least 4 members (excludes halogenated alkanes) is 39. The van der Waals surface area contributed by atoms with Gasteiger partial charge < -0.3 is 20.3 Å². The van der Waals surface area contributed by atoms with Crippen LogP contribution in [0.1, 0.15) is 309 Å². The average Bonchev–Trinajstić information content (AvgIpc) is 3.32. The third-order valence-corrected chi connectivity index (χ3v) is 13.4. The maximum Gasteiger partial charge on any atom is 0.305 e. The smallest absolute Gasteiger partial charge is 0.305 e. The van der Waals surface area contributed by atoms with Gasteiger partial charge in [-0.15, -0.1) is 0 Å². The number of aliphatic hydroxyl groups is 2. The van der Waals surface area contributed by atoms with E-state index in [9.17, 15) is 19.8 Å². The first-order chi connectivity index (χ1) is 32.5. The van der Waals surface area contributed by atoms with Crippen molar-refractivity contribution >= 4 is 11.9 Å². The summed E-state index contributed by atoms with van der Waals surface area (Å²) in [5.74, 6) is -0.0627. The summed E-state index contributed by atoms with van der Waals surface area (Å²) in [5.41, 5.74) is 0. The molecule has 0 saturated heterocycles. The summed E-state index contributed by atoms with van der Waals surface area (Å²) in [7, 11) is 0. The fraction of sp³-hybridized carbons (Fsp3) is 0.867.